The van der Waals surface area contributed by atoms with Gasteiger partial charge in [0.25, 0.3) is 0 Å². The minimum absolute atomic E-state index is 0.472. The second-order valence-electron chi connectivity index (χ2n) is 5.82. The summed E-state index contributed by atoms with van der Waals surface area (Å²) in [5, 5.41) is 3.46. The Hall–Kier alpha value is -0.900. The number of aryl methyl sites for hydroxylation is 1. The highest BCUT2D eigenvalue weighted by Gasteiger charge is 2.17. The number of rotatable bonds is 6. The van der Waals surface area contributed by atoms with Crippen molar-refractivity contribution in [3.63, 3.8) is 0 Å². The Labute approximate surface area is 124 Å². The van der Waals surface area contributed by atoms with E-state index in [4.69, 9.17) is 0 Å². The molecule has 1 atom stereocenters. The zero-order chi connectivity index (χ0) is 14.4. The second-order valence-corrected chi connectivity index (χ2v) is 5.82. The first kappa shape index (κ1) is 15.5. The van der Waals surface area contributed by atoms with Crippen LogP contribution in [0.1, 0.15) is 30.5 Å². The van der Waals surface area contributed by atoms with E-state index in [0.29, 0.717) is 6.04 Å². The van der Waals surface area contributed by atoms with Gasteiger partial charge in [0, 0.05) is 38.8 Å². The molecule has 0 amide bonds. The average Bonchev–Trinajstić information content (AvgIpc) is 2.50. The van der Waals surface area contributed by atoms with Gasteiger partial charge in [0.05, 0.1) is 0 Å². The molecule has 0 radical (unpaired) electrons. The van der Waals surface area contributed by atoms with Gasteiger partial charge < -0.3 is 15.1 Å². The molecule has 0 aromatic heterocycles. The maximum atomic E-state index is 3.46. The highest BCUT2D eigenvalue weighted by Crippen LogP contribution is 2.18. The summed E-state index contributed by atoms with van der Waals surface area (Å²) < 4.78 is 0. The van der Waals surface area contributed by atoms with Crippen molar-refractivity contribution in [2.24, 2.45) is 0 Å². The van der Waals surface area contributed by atoms with Crippen molar-refractivity contribution in [2.75, 3.05) is 46.3 Å². The van der Waals surface area contributed by atoms with Crippen molar-refractivity contribution in [2.45, 2.75) is 26.3 Å². The van der Waals surface area contributed by atoms with Crippen LogP contribution >= 0.6 is 0 Å². The Morgan fingerprint density at radius 2 is 1.65 bits per heavy atom. The van der Waals surface area contributed by atoms with Gasteiger partial charge in [-0.3, -0.25) is 0 Å². The van der Waals surface area contributed by atoms with Gasteiger partial charge in [-0.25, -0.2) is 0 Å². The molecule has 0 bridgehead atoms. The van der Waals surface area contributed by atoms with Crippen LogP contribution in [-0.4, -0.2) is 56.1 Å². The van der Waals surface area contributed by atoms with E-state index in [1.165, 1.54) is 56.8 Å². The summed E-state index contributed by atoms with van der Waals surface area (Å²) in [4.78, 5) is 5.14. The second kappa shape index (κ2) is 7.77. The Bertz CT molecular complexity index is 380. The largest absolute Gasteiger partial charge is 0.313 e. The molecule has 112 valence electrons. The van der Waals surface area contributed by atoms with Crippen LogP contribution in [0.3, 0.4) is 0 Å². The Morgan fingerprint density at radius 1 is 1.05 bits per heavy atom. The van der Waals surface area contributed by atoms with E-state index in [-0.39, 0.29) is 0 Å². The zero-order valence-corrected chi connectivity index (χ0v) is 13.2. The van der Waals surface area contributed by atoms with Crippen LogP contribution in [0.4, 0.5) is 0 Å². The lowest BCUT2D eigenvalue weighted by molar-refractivity contribution is 0.133. The van der Waals surface area contributed by atoms with E-state index in [0.717, 1.165) is 0 Å². The van der Waals surface area contributed by atoms with Crippen molar-refractivity contribution in [1.29, 1.82) is 0 Å². The standard InChI is InChI=1S/C17H29N3/c1-4-19-11-13-20(14-12-19)10-9-17(18-3)16-7-5-15(2)6-8-16/h5-8,17-18H,4,9-14H2,1-3H3. The van der Waals surface area contributed by atoms with E-state index in [9.17, 15) is 0 Å². The van der Waals surface area contributed by atoms with Crippen LogP contribution in [0.15, 0.2) is 24.3 Å². The SMILES string of the molecule is CCN1CCN(CCC(NC)c2ccc(C)cc2)CC1. The van der Waals surface area contributed by atoms with Gasteiger partial charge in [0.2, 0.25) is 0 Å². The van der Waals surface area contributed by atoms with Crippen LogP contribution in [-0.2, 0) is 0 Å². The van der Waals surface area contributed by atoms with Crippen LogP contribution in [0, 0.1) is 6.92 Å². The molecule has 0 spiro atoms. The molecule has 1 aliphatic rings. The summed E-state index contributed by atoms with van der Waals surface area (Å²) in [6.45, 7) is 11.7. The summed E-state index contributed by atoms with van der Waals surface area (Å²) in [6.07, 6.45) is 1.19. The number of hydrogen-bond acceptors (Lipinski definition) is 3. The lowest BCUT2D eigenvalue weighted by atomic mass is 10.0. The highest BCUT2D eigenvalue weighted by atomic mass is 15.3. The number of likely N-dealkylation sites (N-methyl/N-ethyl adjacent to an activating group) is 1. The molecule has 1 unspecified atom stereocenters. The summed E-state index contributed by atoms with van der Waals surface area (Å²) in [7, 11) is 2.07. The fourth-order valence-electron chi connectivity index (χ4n) is 2.92. The molecule has 1 N–H and O–H groups in total. The average molecular weight is 275 g/mol. The highest BCUT2D eigenvalue weighted by molar-refractivity contribution is 5.24. The van der Waals surface area contributed by atoms with Crippen LogP contribution in [0.25, 0.3) is 0 Å². The van der Waals surface area contributed by atoms with Crippen LogP contribution in [0.2, 0.25) is 0 Å². The number of piperazine rings is 1. The number of benzene rings is 1. The van der Waals surface area contributed by atoms with Crippen molar-refractivity contribution >= 4 is 0 Å². The molecule has 2 rings (SSSR count). The van der Waals surface area contributed by atoms with Gasteiger partial charge in [-0.2, -0.15) is 0 Å². The van der Waals surface area contributed by atoms with Crippen molar-refractivity contribution in [3.8, 4) is 0 Å². The first-order chi connectivity index (χ1) is 9.72. The monoisotopic (exact) mass is 275 g/mol. The Kier molecular flexibility index (Phi) is 6.02. The fourth-order valence-corrected chi connectivity index (χ4v) is 2.92. The molecular weight excluding hydrogens is 246 g/mol. The minimum Gasteiger partial charge on any atom is -0.313 e. The molecule has 3 nitrogen and oxygen atoms in total. The lowest BCUT2D eigenvalue weighted by Crippen LogP contribution is -2.46. The summed E-state index contributed by atoms with van der Waals surface area (Å²) in [5.74, 6) is 0. The van der Waals surface area contributed by atoms with Gasteiger partial charge in [-0.1, -0.05) is 36.8 Å². The molecule has 1 heterocycles. The third-order valence-electron chi connectivity index (χ3n) is 4.47. The smallest absolute Gasteiger partial charge is 0.0329 e. The minimum atomic E-state index is 0.472. The zero-order valence-electron chi connectivity index (χ0n) is 13.2. The Balaban J connectivity index is 1.81. The Morgan fingerprint density at radius 3 is 2.20 bits per heavy atom. The lowest BCUT2D eigenvalue weighted by Gasteiger charge is -2.34. The molecule has 1 aromatic carbocycles. The van der Waals surface area contributed by atoms with Gasteiger partial charge in [0.1, 0.15) is 0 Å². The summed E-state index contributed by atoms with van der Waals surface area (Å²) in [6, 6.07) is 9.40. The maximum Gasteiger partial charge on any atom is 0.0329 e. The van der Waals surface area contributed by atoms with Crippen LogP contribution < -0.4 is 5.32 Å². The predicted molar refractivity (Wildman–Crippen MR) is 86.2 cm³/mol. The van der Waals surface area contributed by atoms with Crippen molar-refractivity contribution < 1.29 is 0 Å². The molecule has 20 heavy (non-hydrogen) atoms. The van der Waals surface area contributed by atoms with Crippen LogP contribution in [0.5, 0.6) is 0 Å². The topological polar surface area (TPSA) is 18.5 Å². The number of nitrogens with zero attached hydrogens (tertiary/aromatic N) is 2. The summed E-state index contributed by atoms with van der Waals surface area (Å²) >= 11 is 0. The third-order valence-corrected chi connectivity index (χ3v) is 4.47. The quantitative estimate of drug-likeness (QED) is 0.859. The molecule has 0 saturated carbocycles. The normalized spacial score (nSPS) is 19.1. The van der Waals surface area contributed by atoms with E-state index >= 15 is 0 Å². The van der Waals surface area contributed by atoms with Gasteiger partial charge >= 0.3 is 0 Å². The molecular formula is C17H29N3. The van der Waals surface area contributed by atoms with Gasteiger partial charge in [-0.15, -0.1) is 0 Å². The van der Waals surface area contributed by atoms with Gasteiger partial charge in [-0.05, 0) is 32.5 Å². The predicted octanol–water partition coefficient (Wildman–Crippen LogP) is 2.28. The van der Waals surface area contributed by atoms with Gasteiger partial charge in [0.15, 0.2) is 0 Å². The maximum absolute atomic E-state index is 3.46. The molecule has 0 aliphatic carbocycles. The molecule has 1 aliphatic heterocycles. The van der Waals surface area contributed by atoms with E-state index in [1.807, 2.05) is 0 Å². The van der Waals surface area contributed by atoms with E-state index in [1.54, 1.807) is 0 Å². The molecule has 1 aromatic rings. The number of hydrogen-bond donors (Lipinski definition) is 1. The molecule has 3 heteroatoms. The van der Waals surface area contributed by atoms with E-state index < -0.39 is 0 Å². The number of nitrogens with one attached hydrogen (secondary N) is 1. The van der Waals surface area contributed by atoms with Crippen molar-refractivity contribution in [1.82, 2.24) is 15.1 Å². The van der Waals surface area contributed by atoms with E-state index in [2.05, 4.69) is 60.3 Å². The first-order valence-corrected chi connectivity index (χ1v) is 7.91. The summed E-state index contributed by atoms with van der Waals surface area (Å²) in [5.41, 5.74) is 2.74. The first-order valence-electron chi connectivity index (χ1n) is 7.91. The third kappa shape index (κ3) is 4.30. The molecule has 1 fully saturated rings. The van der Waals surface area contributed by atoms with Crippen molar-refractivity contribution in [3.05, 3.63) is 35.4 Å². The fraction of sp³-hybridized carbons (Fsp3) is 0.647. The molecule has 1 saturated heterocycles.